The molecule has 1 atom stereocenters. The maximum atomic E-state index is 12.1. The lowest BCUT2D eigenvalue weighted by Gasteiger charge is -2.47. The molecule has 0 radical (unpaired) electrons. The van der Waals surface area contributed by atoms with E-state index in [9.17, 15) is 14.7 Å². The van der Waals surface area contributed by atoms with Crippen molar-refractivity contribution in [3.63, 3.8) is 0 Å². The van der Waals surface area contributed by atoms with Crippen LogP contribution in [-0.2, 0) is 9.59 Å². The fourth-order valence-electron chi connectivity index (χ4n) is 2.72. The van der Waals surface area contributed by atoms with Gasteiger partial charge in [-0.3, -0.25) is 14.5 Å². The number of carboxylic acid groups (broad SMARTS) is 1. The van der Waals surface area contributed by atoms with Gasteiger partial charge in [-0.05, 0) is 32.6 Å². The summed E-state index contributed by atoms with van der Waals surface area (Å²) in [4.78, 5) is 27.1. The number of likely N-dealkylation sites (N-methyl/N-ethyl adjacent to an activating group) is 1. The van der Waals surface area contributed by atoms with Crippen LogP contribution in [0.1, 0.15) is 26.7 Å². The molecule has 1 N–H and O–H groups in total. The lowest BCUT2D eigenvalue weighted by atomic mass is 9.94. The maximum Gasteiger partial charge on any atom is 0.321 e. The van der Waals surface area contributed by atoms with Gasteiger partial charge in [0.15, 0.2) is 0 Å². The fraction of sp³-hybridized carbons (Fsp3) is 0.833. The number of hydrogen-bond acceptors (Lipinski definition) is 3. The monoisotopic (exact) mass is 240 g/mol. The van der Waals surface area contributed by atoms with Crippen LogP contribution < -0.4 is 0 Å². The second kappa shape index (κ2) is 3.98. The highest BCUT2D eigenvalue weighted by Gasteiger charge is 2.50. The van der Waals surface area contributed by atoms with Crippen molar-refractivity contribution < 1.29 is 14.7 Å². The van der Waals surface area contributed by atoms with Crippen molar-refractivity contribution in [3.05, 3.63) is 0 Å². The van der Waals surface area contributed by atoms with E-state index in [-0.39, 0.29) is 11.8 Å². The number of rotatable bonds is 3. The van der Waals surface area contributed by atoms with Gasteiger partial charge in [-0.15, -0.1) is 0 Å². The SMILES string of the molecule is CN1CCN(C(C(=O)O)C2CC2)C(C)(C)C1=O. The summed E-state index contributed by atoms with van der Waals surface area (Å²) in [6.07, 6.45) is 1.93. The third-order valence-electron chi connectivity index (χ3n) is 3.92. The van der Waals surface area contributed by atoms with Gasteiger partial charge in [-0.25, -0.2) is 0 Å². The largest absolute Gasteiger partial charge is 0.480 e. The molecule has 0 aromatic heterocycles. The molecule has 96 valence electrons. The Balaban J connectivity index is 2.24. The van der Waals surface area contributed by atoms with Gasteiger partial charge in [0.2, 0.25) is 5.91 Å². The molecule has 0 aromatic carbocycles. The Labute approximate surface area is 101 Å². The van der Waals surface area contributed by atoms with Crippen molar-refractivity contribution in [1.82, 2.24) is 9.80 Å². The Bertz CT molecular complexity index is 350. The summed E-state index contributed by atoms with van der Waals surface area (Å²) in [6, 6.07) is -0.498. The first-order chi connectivity index (χ1) is 7.85. The molecule has 2 aliphatic rings. The molecular formula is C12H20N2O3. The van der Waals surface area contributed by atoms with Crippen molar-refractivity contribution in [1.29, 1.82) is 0 Å². The normalized spacial score (nSPS) is 27.0. The number of piperazine rings is 1. The smallest absolute Gasteiger partial charge is 0.321 e. The molecule has 0 bridgehead atoms. The number of amides is 1. The van der Waals surface area contributed by atoms with Crippen molar-refractivity contribution in [2.75, 3.05) is 20.1 Å². The van der Waals surface area contributed by atoms with E-state index in [2.05, 4.69) is 0 Å². The number of carbonyl (C=O) groups is 2. The minimum atomic E-state index is -0.794. The van der Waals surface area contributed by atoms with Crippen LogP contribution in [0.15, 0.2) is 0 Å². The van der Waals surface area contributed by atoms with Crippen LogP contribution >= 0.6 is 0 Å². The zero-order chi connectivity index (χ0) is 12.8. The van der Waals surface area contributed by atoms with Crippen molar-refractivity contribution >= 4 is 11.9 Å². The van der Waals surface area contributed by atoms with Crippen LogP contribution in [0.25, 0.3) is 0 Å². The molecule has 2 rings (SSSR count). The Morgan fingerprint density at radius 3 is 2.47 bits per heavy atom. The van der Waals surface area contributed by atoms with E-state index in [0.717, 1.165) is 12.8 Å². The molecule has 0 spiro atoms. The highest BCUT2D eigenvalue weighted by molar-refractivity contribution is 5.87. The number of hydrogen-bond donors (Lipinski definition) is 1. The molecule has 1 unspecified atom stereocenters. The van der Waals surface area contributed by atoms with Gasteiger partial charge in [0, 0.05) is 20.1 Å². The Morgan fingerprint density at radius 2 is 2.00 bits per heavy atom. The summed E-state index contributed by atoms with van der Waals surface area (Å²) >= 11 is 0. The second-order valence-electron chi connectivity index (χ2n) is 5.60. The Morgan fingerprint density at radius 1 is 1.41 bits per heavy atom. The van der Waals surface area contributed by atoms with Gasteiger partial charge in [-0.2, -0.15) is 0 Å². The lowest BCUT2D eigenvalue weighted by molar-refractivity contribution is -0.158. The maximum absolute atomic E-state index is 12.1. The Kier molecular flexibility index (Phi) is 2.89. The quantitative estimate of drug-likeness (QED) is 0.776. The summed E-state index contributed by atoms with van der Waals surface area (Å²) in [5.41, 5.74) is -0.710. The van der Waals surface area contributed by atoms with E-state index in [4.69, 9.17) is 0 Å². The van der Waals surface area contributed by atoms with Crippen LogP contribution in [-0.4, -0.2) is 58.5 Å². The van der Waals surface area contributed by atoms with Crippen molar-refractivity contribution in [2.45, 2.75) is 38.3 Å². The molecule has 5 nitrogen and oxygen atoms in total. The number of carboxylic acids is 1. The van der Waals surface area contributed by atoms with Gasteiger partial charge in [0.1, 0.15) is 6.04 Å². The van der Waals surface area contributed by atoms with E-state index >= 15 is 0 Å². The second-order valence-corrected chi connectivity index (χ2v) is 5.60. The zero-order valence-electron chi connectivity index (χ0n) is 10.6. The van der Waals surface area contributed by atoms with E-state index in [1.54, 1.807) is 11.9 Å². The average molecular weight is 240 g/mol. The van der Waals surface area contributed by atoms with Crippen LogP contribution in [0.4, 0.5) is 0 Å². The predicted octanol–water partition coefficient (Wildman–Crippen LogP) is 0.402. The number of nitrogens with zero attached hydrogens (tertiary/aromatic N) is 2. The molecule has 1 aliphatic carbocycles. The third-order valence-corrected chi connectivity index (χ3v) is 3.92. The predicted molar refractivity (Wildman–Crippen MR) is 62.6 cm³/mol. The van der Waals surface area contributed by atoms with E-state index in [1.165, 1.54) is 0 Å². The summed E-state index contributed by atoms with van der Waals surface area (Å²) in [5, 5.41) is 9.35. The molecular weight excluding hydrogens is 220 g/mol. The molecule has 0 aromatic rings. The van der Waals surface area contributed by atoms with Gasteiger partial charge in [0.25, 0.3) is 0 Å². The zero-order valence-corrected chi connectivity index (χ0v) is 10.6. The van der Waals surface area contributed by atoms with E-state index < -0.39 is 17.6 Å². The highest BCUT2D eigenvalue weighted by Crippen LogP contribution is 2.39. The molecule has 2 fully saturated rings. The van der Waals surface area contributed by atoms with Crippen LogP contribution in [0.2, 0.25) is 0 Å². The number of aliphatic carboxylic acids is 1. The standard InChI is InChI=1S/C12H20N2O3/c1-12(2)11(17)13(3)6-7-14(12)9(10(15)16)8-4-5-8/h8-9H,4-7H2,1-3H3,(H,15,16). The molecule has 1 amide bonds. The van der Waals surface area contributed by atoms with E-state index in [0.29, 0.717) is 13.1 Å². The first-order valence-corrected chi connectivity index (χ1v) is 6.11. The van der Waals surface area contributed by atoms with Crippen molar-refractivity contribution in [2.24, 2.45) is 5.92 Å². The molecule has 1 heterocycles. The molecule has 1 aliphatic heterocycles. The van der Waals surface area contributed by atoms with Gasteiger partial charge in [-0.1, -0.05) is 0 Å². The minimum absolute atomic E-state index is 0.00986. The van der Waals surface area contributed by atoms with Gasteiger partial charge in [0.05, 0.1) is 5.54 Å². The van der Waals surface area contributed by atoms with Crippen LogP contribution in [0.5, 0.6) is 0 Å². The topological polar surface area (TPSA) is 60.9 Å². The summed E-state index contributed by atoms with van der Waals surface area (Å²) in [6.45, 7) is 4.90. The summed E-state index contributed by atoms with van der Waals surface area (Å²) in [7, 11) is 1.77. The van der Waals surface area contributed by atoms with Crippen molar-refractivity contribution in [3.8, 4) is 0 Å². The van der Waals surface area contributed by atoms with Gasteiger partial charge >= 0.3 is 5.97 Å². The van der Waals surface area contributed by atoms with Gasteiger partial charge < -0.3 is 10.0 Å². The molecule has 1 saturated carbocycles. The third kappa shape index (κ3) is 2.04. The van der Waals surface area contributed by atoms with Crippen LogP contribution in [0, 0.1) is 5.92 Å². The van der Waals surface area contributed by atoms with Crippen LogP contribution in [0.3, 0.4) is 0 Å². The minimum Gasteiger partial charge on any atom is -0.480 e. The first kappa shape index (κ1) is 12.4. The highest BCUT2D eigenvalue weighted by atomic mass is 16.4. The average Bonchev–Trinajstić information content (AvgIpc) is 3.03. The molecule has 17 heavy (non-hydrogen) atoms. The molecule has 1 saturated heterocycles. The molecule has 5 heteroatoms. The summed E-state index contributed by atoms with van der Waals surface area (Å²) in [5.74, 6) is -0.559. The Hall–Kier alpha value is -1.10. The number of carbonyl (C=O) groups excluding carboxylic acids is 1. The summed E-state index contributed by atoms with van der Waals surface area (Å²) < 4.78 is 0. The first-order valence-electron chi connectivity index (χ1n) is 6.11. The van der Waals surface area contributed by atoms with E-state index in [1.807, 2.05) is 18.7 Å². The lowest BCUT2D eigenvalue weighted by Crippen LogP contribution is -2.66. The fourth-order valence-corrected chi connectivity index (χ4v) is 2.72.